The van der Waals surface area contributed by atoms with Crippen molar-refractivity contribution in [3.8, 4) is 16.5 Å². The van der Waals surface area contributed by atoms with Gasteiger partial charge < -0.3 is 5.11 Å². The molecule has 1 aromatic heterocycles. The number of amides is 1. The van der Waals surface area contributed by atoms with Gasteiger partial charge in [0.2, 0.25) is 10.6 Å². The van der Waals surface area contributed by atoms with E-state index in [1.807, 2.05) is 30.3 Å². The van der Waals surface area contributed by atoms with Crippen molar-refractivity contribution in [3.05, 3.63) is 35.2 Å². The lowest BCUT2D eigenvalue weighted by molar-refractivity contribution is -0.127. The van der Waals surface area contributed by atoms with Crippen molar-refractivity contribution in [1.82, 2.24) is 10.5 Å². The van der Waals surface area contributed by atoms with Gasteiger partial charge in [-0.3, -0.25) is 10.0 Å². The number of rotatable bonds is 3. The minimum absolute atomic E-state index is 0.0390. The number of hydroxylamine groups is 1. The zero-order valence-corrected chi connectivity index (χ0v) is 10.6. The standard InChI is InChI=1S/C12H12N2O3S/c1-8-11(16)13-12(9-5-3-2-4-6-9)18(8)7-10(15)14-17/h2-6H,7H2,1H3,(H2-,14,15,16,17)/p+1. The lowest BCUT2D eigenvalue weighted by atomic mass is 10.2. The summed E-state index contributed by atoms with van der Waals surface area (Å²) in [5.41, 5.74) is 2.48. The van der Waals surface area contributed by atoms with E-state index in [4.69, 9.17) is 5.21 Å². The first-order valence-corrected chi connectivity index (χ1v) is 6.70. The zero-order valence-electron chi connectivity index (χ0n) is 9.75. The van der Waals surface area contributed by atoms with E-state index >= 15 is 0 Å². The van der Waals surface area contributed by atoms with Gasteiger partial charge in [0.1, 0.15) is 0 Å². The second-order valence-corrected chi connectivity index (χ2v) is 5.80. The fraction of sp³-hybridized carbons (Fsp3) is 0.167. The molecule has 1 aromatic carbocycles. The van der Waals surface area contributed by atoms with Gasteiger partial charge in [0.05, 0.1) is 5.56 Å². The molecular weight excluding hydrogens is 252 g/mol. The van der Waals surface area contributed by atoms with Crippen molar-refractivity contribution in [2.24, 2.45) is 0 Å². The van der Waals surface area contributed by atoms with E-state index in [9.17, 15) is 9.90 Å². The molecule has 0 aliphatic carbocycles. The molecule has 0 aliphatic heterocycles. The van der Waals surface area contributed by atoms with Crippen molar-refractivity contribution in [2.45, 2.75) is 12.7 Å². The van der Waals surface area contributed by atoms with Crippen LogP contribution in [0.1, 0.15) is 4.88 Å². The molecule has 1 atom stereocenters. The lowest BCUT2D eigenvalue weighted by Crippen LogP contribution is -2.19. The summed E-state index contributed by atoms with van der Waals surface area (Å²) in [6.07, 6.45) is 0. The molecule has 6 heteroatoms. The number of aromatic nitrogens is 1. The smallest absolute Gasteiger partial charge is 0.298 e. The third-order valence-electron chi connectivity index (χ3n) is 2.55. The fourth-order valence-corrected chi connectivity index (χ4v) is 3.47. The molecule has 0 fully saturated rings. The van der Waals surface area contributed by atoms with E-state index in [1.54, 1.807) is 12.4 Å². The van der Waals surface area contributed by atoms with Crippen LogP contribution in [0, 0.1) is 6.92 Å². The third kappa shape index (κ3) is 2.34. The van der Waals surface area contributed by atoms with Crippen molar-refractivity contribution >= 4 is 16.4 Å². The SMILES string of the molecule is Cc1c(O)nc(-c2ccccc2)[s+]1CC(=O)NO. The fourth-order valence-electron chi connectivity index (χ4n) is 1.61. The number of hydrogen-bond donors (Lipinski definition) is 3. The first-order chi connectivity index (χ1) is 8.63. The molecule has 0 radical (unpaired) electrons. The predicted octanol–water partition coefficient (Wildman–Crippen LogP) is 2.02. The van der Waals surface area contributed by atoms with Gasteiger partial charge in [-0.1, -0.05) is 18.2 Å². The molecule has 0 bridgehead atoms. The third-order valence-corrected chi connectivity index (χ3v) is 4.81. The van der Waals surface area contributed by atoms with Crippen LogP contribution in [0.2, 0.25) is 0 Å². The highest BCUT2D eigenvalue weighted by atomic mass is 32.2. The van der Waals surface area contributed by atoms with E-state index in [-0.39, 0.29) is 11.6 Å². The quantitative estimate of drug-likeness (QED) is 0.450. The van der Waals surface area contributed by atoms with Gasteiger partial charge in [0.15, 0.2) is 0 Å². The number of benzene rings is 1. The van der Waals surface area contributed by atoms with Crippen LogP contribution in [0.5, 0.6) is 5.88 Å². The van der Waals surface area contributed by atoms with Crippen LogP contribution in [0.4, 0.5) is 0 Å². The number of nitrogens with zero attached hydrogens (tertiary/aromatic N) is 1. The van der Waals surface area contributed by atoms with Crippen LogP contribution in [0.3, 0.4) is 0 Å². The van der Waals surface area contributed by atoms with Gasteiger partial charge in [-0.05, 0) is 12.1 Å². The Morgan fingerprint density at radius 1 is 1.39 bits per heavy atom. The first kappa shape index (κ1) is 12.5. The Kier molecular flexibility index (Phi) is 3.59. The maximum atomic E-state index is 11.3. The van der Waals surface area contributed by atoms with Gasteiger partial charge in [0, 0.05) is 17.4 Å². The maximum Gasteiger partial charge on any atom is 0.298 e. The normalized spacial score (nSPS) is 11.3. The molecule has 5 nitrogen and oxygen atoms in total. The molecule has 0 spiro atoms. The van der Waals surface area contributed by atoms with Crippen LogP contribution >= 0.6 is 10.5 Å². The van der Waals surface area contributed by atoms with E-state index in [0.29, 0.717) is 9.88 Å². The Bertz CT molecular complexity index is 566. The average Bonchev–Trinajstić information content (AvgIpc) is 2.68. The molecule has 94 valence electrons. The van der Waals surface area contributed by atoms with Crippen LogP contribution < -0.4 is 5.48 Å². The molecular formula is C12H13N2O3S+. The summed E-state index contributed by atoms with van der Waals surface area (Å²) >= 11 is 0. The number of carbonyl (C=O) groups is 1. The minimum atomic E-state index is -0.613. The van der Waals surface area contributed by atoms with Gasteiger partial charge in [-0.15, -0.1) is 0 Å². The second-order valence-electron chi connectivity index (χ2n) is 3.73. The Morgan fingerprint density at radius 2 is 2.06 bits per heavy atom. The summed E-state index contributed by atoms with van der Waals surface area (Å²) < 4.78 is 0. The molecule has 0 saturated heterocycles. The van der Waals surface area contributed by atoms with E-state index in [0.717, 1.165) is 5.56 Å². The van der Waals surface area contributed by atoms with Crippen molar-refractivity contribution in [2.75, 3.05) is 0 Å². The van der Waals surface area contributed by atoms with Crippen molar-refractivity contribution in [3.63, 3.8) is 0 Å². The van der Waals surface area contributed by atoms with E-state index in [1.165, 1.54) is 0 Å². The van der Waals surface area contributed by atoms with Crippen LogP contribution in [-0.4, -0.2) is 21.2 Å². The first-order valence-electron chi connectivity index (χ1n) is 5.31. The van der Waals surface area contributed by atoms with Crippen LogP contribution in [0.15, 0.2) is 30.3 Å². The van der Waals surface area contributed by atoms with E-state index < -0.39 is 16.4 Å². The molecule has 2 rings (SSSR count). The predicted molar refractivity (Wildman–Crippen MR) is 68.5 cm³/mol. The minimum Gasteiger partial charge on any atom is -0.490 e. The summed E-state index contributed by atoms with van der Waals surface area (Å²) in [6, 6.07) is 9.38. The number of aromatic hydroxyl groups is 1. The van der Waals surface area contributed by atoms with E-state index in [2.05, 4.69) is 4.98 Å². The number of carbonyl (C=O) groups excluding carboxylic acids is 1. The summed E-state index contributed by atoms with van der Waals surface area (Å²) in [7, 11) is -0.613. The molecule has 0 saturated carbocycles. The Balaban J connectivity index is 2.48. The number of thiazole rings is 1. The van der Waals surface area contributed by atoms with Crippen LogP contribution in [0.25, 0.3) is 10.6 Å². The zero-order chi connectivity index (χ0) is 13.1. The molecule has 1 amide bonds. The van der Waals surface area contributed by atoms with Crippen molar-refractivity contribution < 1.29 is 15.1 Å². The highest BCUT2D eigenvalue weighted by molar-refractivity contribution is 7.34. The van der Waals surface area contributed by atoms with Gasteiger partial charge >= 0.3 is 0 Å². The molecule has 0 aliphatic rings. The molecule has 3 N–H and O–H groups in total. The molecule has 1 unspecified atom stereocenters. The second kappa shape index (κ2) is 5.16. The largest absolute Gasteiger partial charge is 0.490 e. The Labute approximate surface area is 107 Å². The summed E-state index contributed by atoms with van der Waals surface area (Å²) in [4.78, 5) is 16.1. The van der Waals surface area contributed by atoms with Crippen LogP contribution in [-0.2, 0) is 10.5 Å². The monoisotopic (exact) mass is 265 g/mol. The van der Waals surface area contributed by atoms with Crippen molar-refractivity contribution in [1.29, 1.82) is 0 Å². The Hall–Kier alpha value is -1.92. The summed E-state index contributed by atoms with van der Waals surface area (Å²) in [5.74, 6) is -0.445. The summed E-state index contributed by atoms with van der Waals surface area (Å²) in [5, 5.41) is 19.0. The Morgan fingerprint density at radius 3 is 2.67 bits per heavy atom. The lowest BCUT2D eigenvalue weighted by Gasteiger charge is -1.95. The maximum absolute atomic E-state index is 11.3. The molecule has 2 aromatic rings. The highest BCUT2D eigenvalue weighted by Gasteiger charge is 2.28. The van der Waals surface area contributed by atoms with Gasteiger partial charge in [0.25, 0.3) is 16.8 Å². The topological polar surface area (TPSA) is 82.5 Å². The summed E-state index contributed by atoms with van der Waals surface area (Å²) in [6.45, 7) is 1.74. The average molecular weight is 265 g/mol. The highest BCUT2D eigenvalue weighted by Crippen LogP contribution is 2.41. The van der Waals surface area contributed by atoms with Gasteiger partial charge in [-0.25, -0.2) is 5.48 Å². The number of nitrogens with one attached hydrogen (secondary N) is 1. The molecule has 18 heavy (non-hydrogen) atoms. The molecule has 1 heterocycles. The van der Waals surface area contributed by atoms with Gasteiger partial charge in [-0.2, -0.15) is 4.98 Å². The number of hydrogen-bond acceptors (Lipinski definition) is 4.